The second-order valence-electron chi connectivity index (χ2n) is 5.36. The highest BCUT2D eigenvalue weighted by atomic mass is 35.5. The molecule has 110 valence electrons. The number of halogens is 1. The van der Waals surface area contributed by atoms with E-state index in [2.05, 4.69) is 22.8 Å². The molecule has 0 amide bonds. The van der Waals surface area contributed by atoms with Crippen LogP contribution in [0, 0.1) is 5.92 Å². The second kappa shape index (κ2) is 6.94. The lowest BCUT2D eigenvalue weighted by Gasteiger charge is -2.27. The molecule has 2 N–H and O–H groups in total. The Morgan fingerprint density at radius 1 is 1.00 bits per heavy atom. The van der Waals surface area contributed by atoms with Crippen LogP contribution in [0.25, 0.3) is 0 Å². The first-order chi connectivity index (χ1) is 10.3. The van der Waals surface area contributed by atoms with Gasteiger partial charge in [-0.25, -0.2) is 0 Å². The van der Waals surface area contributed by atoms with Gasteiger partial charge in [-0.15, -0.1) is 0 Å². The molecule has 0 saturated carbocycles. The van der Waals surface area contributed by atoms with Crippen molar-refractivity contribution in [3.05, 3.63) is 59.1 Å². The minimum atomic E-state index is 0.713. The van der Waals surface area contributed by atoms with Gasteiger partial charge in [-0.3, -0.25) is 0 Å². The second-order valence-corrected chi connectivity index (χ2v) is 5.79. The van der Waals surface area contributed by atoms with Crippen LogP contribution in [-0.4, -0.2) is 19.6 Å². The van der Waals surface area contributed by atoms with Crippen LogP contribution >= 0.6 is 11.6 Å². The van der Waals surface area contributed by atoms with Gasteiger partial charge in [0.1, 0.15) is 11.5 Å². The largest absolute Gasteiger partial charge is 0.457 e. The summed E-state index contributed by atoms with van der Waals surface area (Å²) in [6.07, 6.45) is 0. The summed E-state index contributed by atoms with van der Waals surface area (Å²) in [5.74, 6) is 2.42. The van der Waals surface area contributed by atoms with Crippen LogP contribution in [0.5, 0.6) is 11.5 Å². The topological polar surface area (TPSA) is 33.3 Å². The molecule has 0 atom stereocenters. The molecule has 2 aromatic rings. The molecule has 3 nitrogen and oxygen atoms in total. The van der Waals surface area contributed by atoms with E-state index in [-0.39, 0.29) is 0 Å². The number of rotatable bonds is 6. The third kappa shape index (κ3) is 4.21. The summed E-state index contributed by atoms with van der Waals surface area (Å²) in [7, 11) is 0. The number of hydrogen-bond donors (Lipinski definition) is 2. The molecule has 3 rings (SSSR count). The molecule has 1 aliphatic heterocycles. The molecule has 2 aromatic carbocycles. The van der Waals surface area contributed by atoms with Crippen molar-refractivity contribution in [2.24, 2.45) is 5.92 Å². The van der Waals surface area contributed by atoms with Gasteiger partial charge in [0, 0.05) is 31.2 Å². The van der Waals surface area contributed by atoms with Gasteiger partial charge in [-0.2, -0.15) is 0 Å². The van der Waals surface area contributed by atoms with Crippen LogP contribution in [0.2, 0.25) is 5.02 Å². The Balaban J connectivity index is 1.49. The Kier molecular flexibility index (Phi) is 4.76. The number of hydrogen-bond acceptors (Lipinski definition) is 3. The fraction of sp³-hybridized carbons (Fsp3) is 0.294. The van der Waals surface area contributed by atoms with Gasteiger partial charge in [0.25, 0.3) is 0 Å². The van der Waals surface area contributed by atoms with Crippen molar-refractivity contribution in [2.45, 2.75) is 6.54 Å². The molecule has 0 aliphatic carbocycles. The predicted octanol–water partition coefficient (Wildman–Crippen LogP) is 3.44. The van der Waals surface area contributed by atoms with Crippen LogP contribution in [0.15, 0.2) is 48.5 Å². The maximum Gasteiger partial charge on any atom is 0.127 e. The maximum atomic E-state index is 5.85. The summed E-state index contributed by atoms with van der Waals surface area (Å²) in [5.41, 5.74) is 1.27. The fourth-order valence-corrected chi connectivity index (χ4v) is 2.35. The van der Waals surface area contributed by atoms with Gasteiger partial charge < -0.3 is 15.4 Å². The highest BCUT2D eigenvalue weighted by Crippen LogP contribution is 2.23. The Morgan fingerprint density at radius 3 is 2.19 bits per heavy atom. The van der Waals surface area contributed by atoms with Crippen LogP contribution < -0.4 is 15.4 Å². The first kappa shape index (κ1) is 14.4. The van der Waals surface area contributed by atoms with Crippen LogP contribution in [-0.2, 0) is 6.54 Å². The van der Waals surface area contributed by atoms with Crippen molar-refractivity contribution in [1.29, 1.82) is 0 Å². The van der Waals surface area contributed by atoms with Crippen molar-refractivity contribution in [3.63, 3.8) is 0 Å². The minimum absolute atomic E-state index is 0.713. The van der Waals surface area contributed by atoms with E-state index in [0.717, 1.165) is 43.6 Å². The van der Waals surface area contributed by atoms with Crippen molar-refractivity contribution in [2.75, 3.05) is 19.6 Å². The van der Waals surface area contributed by atoms with E-state index in [1.54, 1.807) is 0 Å². The van der Waals surface area contributed by atoms with E-state index >= 15 is 0 Å². The molecule has 0 aromatic heterocycles. The smallest absolute Gasteiger partial charge is 0.127 e. The van der Waals surface area contributed by atoms with Crippen molar-refractivity contribution in [3.8, 4) is 11.5 Å². The molecule has 21 heavy (non-hydrogen) atoms. The fourth-order valence-electron chi connectivity index (χ4n) is 2.23. The zero-order valence-corrected chi connectivity index (χ0v) is 12.6. The van der Waals surface area contributed by atoms with Gasteiger partial charge in [0.05, 0.1) is 0 Å². The molecule has 1 saturated heterocycles. The lowest BCUT2D eigenvalue weighted by molar-refractivity contribution is 0.331. The predicted molar refractivity (Wildman–Crippen MR) is 86.0 cm³/mol. The van der Waals surface area contributed by atoms with Crippen LogP contribution in [0.1, 0.15) is 5.56 Å². The van der Waals surface area contributed by atoms with E-state index in [9.17, 15) is 0 Å². The standard InChI is InChI=1S/C17H19ClN2O/c18-15-3-7-17(8-4-15)21-16-5-1-13(2-6-16)9-19-10-14-11-20-12-14/h1-8,14,19-20H,9-12H2. The third-order valence-corrected chi connectivity index (χ3v) is 3.85. The van der Waals surface area contributed by atoms with Crippen LogP contribution in [0.3, 0.4) is 0 Å². The van der Waals surface area contributed by atoms with Gasteiger partial charge in [0.15, 0.2) is 0 Å². The molecule has 1 fully saturated rings. The molecule has 0 unspecified atom stereocenters. The van der Waals surface area contributed by atoms with Crippen molar-refractivity contribution >= 4 is 11.6 Å². The lowest BCUT2D eigenvalue weighted by Crippen LogP contribution is -2.47. The van der Waals surface area contributed by atoms with Gasteiger partial charge in [-0.1, -0.05) is 23.7 Å². The highest BCUT2D eigenvalue weighted by Gasteiger charge is 2.15. The molecule has 1 aliphatic rings. The molecule has 0 radical (unpaired) electrons. The quantitative estimate of drug-likeness (QED) is 0.857. The Hall–Kier alpha value is -1.55. The van der Waals surface area contributed by atoms with Gasteiger partial charge >= 0.3 is 0 Å². The number of benzene rings is 2. The first-order valence-electron chi connectivity index (χ1n) is 7.23. The third-order valence-electron chi connectivity index (χ3n) is 3.60. The summed E-state index contributed by atoms with van der Waals surface area (Å²) in [5, 5.41) is 7.48. The summed E-state index contributed by atoms with van der Waals surface area (Å²) in [6.45, 7) is 4.26. The average molecular weight is 303 g/mol. The molecule has 0 bridgehead atoms. The molecule has 0 spiro atoms. The Bertz CT molecular complexity index is 564. The summed E-state index contributed by atoms with van der Waals surface area (Å²) in [4.78, 5) is 0. The van der Waals surface area contributed by atoms with E-state index in [0.29, 0.717) is 5.02 Å². The maximum absolute atomic E-state index is 5.85. The SMILES string of the molecule is Clc1ccc(Oc2ccc(CNCC3CNC3)cc2)cc1. The summed E-state index contributed by atoms with van der Waals surface area (Å²) >= 11 is 5.85. The first-order valence-corrected chi connectivity index (χ1v) is 7.61. The minimum Gasteiger partial charge on any atom is -0.457 e. The highest BCUT2D eigenvalue weighted by molar-refractivity contribution is 6.30. The zero-order chi connectivity index (χ0) is 14.5. The summed E-state index contributed by atoms with van der Waals surface area (Å²) in [6, 6.07) is 15.6. The average Bonchev–Trinajstić information content (AvgIpc) is 2.46. The van der Waals surface area contributed by atoms with Gasteiger partial charge in [0.2, 0.25) is 0 Å². The van der Waals surface area contributed by atoms with Crippen molar-refractivity contribution < 1.29 is 4.74 Å². The monoisotopic (exact) mass is 302 g/mol. The lowest BCUT2D eigenvalue weighted by atomic mass is 10.0. The normalized spacial score (nSPS) is 14.7. The van der Waals surface area contributed by atoms with E-state index in [1.807, 2.05) is 36.4 Å². The van der Waals surface area contributed by atoms with E-state index in [4.69, 9.17) is 16.3 Å². The van der Waals surface area contributed by atoms with Gasteiger partial charge in [-0.05, 0) is 47.9 Å². The number of nitrogens with one attached hydrogen (secondary N) is 2. The van der Waals surface area contributed by atoms with E-state index < -0.39 is 0 Å². The van der Waals surface area contributed by atoms with Crippen LogP contribution in [0.4, 0.5) is 0 Å². The molecule has 1 heterocycles. The summed E-state index contributed by atoms with van der Waals surface area (Å²) < 4.78 is 5.77. The molecule has 4 heteroatoms. The zero-order valence-electron chi connectivity index (χ0n) is 11.8. The van der Waals surface area contributed by atoms with E-state index in [1.165, 1.54) is 5.56 Å². The van der Waals surface area contributed by atoms with Crippen molar-refractivity contribution in [1.82, 2.24) is 10.6 Å². The Morgan fingerprint density at radius 2 is 1.62 bits per heavy atom. The molecular formula is C17H19ClN2O. The molecular weight excluding hydrogens is 284 g/mol. The number of ether oxygens (including phenoxy) is 1. The Labute approximate surface area is 130 Å².